The van der Waals surface area contributed by atoms with Crippen molar-refractivity contribution in [2.45, 2.75) is 18.2 Å². The van der Waals surface area contributed by atoms with Crippen LogP contribution in [0, 0.1) is 6.92 Å². The van der Waals surface area contributed by atoms with Gasteiger partial charge in [-0.3, -0.25) is 9.59 Å². The van der Waals surface area contributed by atoms with Crippen LogP contribution < -0.4 is 15.4 Å². The van der Waals surface area contributed by atoms with Gasteiger partial charge in [0.25, 0.3) is 0 Å². The van der Waals surface area contributed by atoms with Gasteiger partial charge in [0.05, 0.1) is 17.9 Å². The number of sulfonamides is 1. The molecule has 0 spiro atoms. The second-order valence-corrected chi connectivity index (χ2v) is 7.01. The molecule has 0 unspecified atom stereocenters. The molecule has 0 radical (unpaired) electrons. The zero-order valence-corrected chi connectivity index (χ0v) is 13.4. The lowest BCUT2D eigenvalue weighted by Gasteiger charge is -2.08. The maximum atomic E-state index is 12.2. The summed E-state index contributed by atoms with van der Waals surface area (Å²) in [5, 5.41) is 8.61. The highest BCUT2D eigenvalue weighted by molar-refractivity contribution is 7.89. The van der Waals surface area contributed by atoms with E-state index in [2.05, 4.69) is 20.5 Å². The quantitative estimate of drug-likeness (QED) is 0.715. The lowest BCUT2D eigenvalue weighted by atomic mass is 10.2. The van der Waals surface area contributed by atoms with Gasteiger partial charge in [-0.05, 0) is 30.7 Å². The van der Waals surface area contributed by atoms with Gasteiger partial charge in [-0.15, -0.1) is 0 Å². The Labute approximate surface area is 137 Å². The summed E-state index contributed by atoms with van der Waals surface area (Å²) in [5.74, 6) is -0.0364. The predicted molar refractivity (Wildman–Crippen MR) is 83.8 cm³/mol. The largest absolute Gasteiger partial charge is 0.360 e. The standard InChI is InChI=1S/C14H14N4O5S/c1-8-4-12(18-23-8)17-14(20)7-15-24(21,22)10-2-3-11-9(5-10)6-13(19)16-11/h2-5,15H,6-7H2,1H3,(H,16,19)(H,17,18,20). The summed E-state index contributed by atoms with van der Waals surface area (Å²) in [4.78, 5) is 23.1. The number of hydrogen-bond donors (Lipinski definition) is 3. The predicted octanol–water partition coefficient (Wildman–Crippen LogP) is 0.395. The first-order chi connectivity index (χ1) is 11.3. The number of carbonyl (C=O) groups is 2. The lowest BCUT2D eigenvalue weighted by molar-refractivity contribution is -0.115. The minimum atomic E-state index is -3.88. The highest BCUT2D eigenvalue weighted by Gasteiger charge is 2.22. The fraction of sp³-hybridized carbons (Fsp3) is 0.214. The van der Waals surface area contributed by atoms with Crippen LogP contribution >= 0.6 is 0 Å². The van der Waals surface area contributed by atoms with E-state index in [1.165, 1.54) is 24.3 Å². The number of aromatic nitrogens is 1. The molecule has 0 saturated heterocycles. The fourth-order valence-corrected chi connectivity index (χ4v) is 3.26. The molecule has 3 rings (SSSR count). The van der Waals surface area contributed by atoms with E-state index in [1.807, 2.05) is 0 Å². The molecule has 0 saturated carbocycles. The fourth-order valence-electron chi connectivity index (χ4n) is 2.23. The van der Waals surface area contributed by atoms with Crippen molar-refractivity contribution < 1.29 is 22.5 Å². The molecular formula is C14H14N4O5S. The van der Waals surface area contributed by atoms with Gasteiger partial charge in [0.15, 0.2) is 5.82 Å². The molecule has 1 aromatic heterocycles. The summed E-state index contributed by atoms with van der Waals surface area (Å²) in [6.45, 7) is 1.21. The molecule has 126 valence electrons. The Morgan fingerprint density at radius 2 is 2.17 bits per heavy atom. The smallest absolute Gasteiger partial charge is 0.241 e. The highest BCUT2D eigenvalue weighted by atomic mass is 32.2. The van der Waals surface area contributed by atoms with Gasteiger partial charge in [-0.25, -0.2) is 13.1 Å². The number of nitrogens with one attached hydrogen (secondary N) is 3. The average molecular weight is 350 g/mol. The van der Waals surface area contributed by atoms with E-state index in [4.69, 9.17) is 4.52 Å². The first kappa shape index (κ1) is 16.1. The van der Waals surface area contributed by atoms with Crippen molar-refractivity contribution >= 4 is 33.3 Å². The molecular weight excluding hydrogens is 336 g/mol. The number of nitrogens with zero attached hydrogens (tertiary/aromatic N) is 1. The molecule has 0 bridgehead atoms. The molecule has 2 aromatic rings. The minimum absolute atomic E-state index is 0.0113. The van der Waals surface area contributed by atoms with Gasteiger partial charge in [0.2, 0.25) is 21.8 Å². The third kappa shape index (κ3) is 3.44. The lowest BCUT2D eigenvalue weighted by Crippen LogP contribution is -2.33. The van der Waals surface area contributed by atoms with E-state index in [0.717, 1.165) is 0 Å². The highest BCUT2D eigenvalue weighted by Crippen LogP contribution is 2.25. The van der Waals surface area contributed by atoms with Gasteiger partial charge >= 0.3 is 0 Å². The maximum Gasteiger partial charge on any atom is 0.241 e. The van der Waals surface area contributed by atoms with E-state index in [1.54, 1.807) is 6.92 Å². The Bertz CT molecular complexity index is 919. The summed E-state index contributed by atoms with van der Waals surface area (Å²) in [6.07, 6.45) is 0.130. The third-order valence-corrected chi connectivity index (χ3v) is 4.73. The van der Waals surface area contributed by atoms with E-state index < -0.39 is 22.5 Å². The van der Waals surface area contributed by atoms with Gasteiger partial charge in [-0.2, -0.15) is 0 Å². The van der Waals surface area contributed by atoms with Crippen LogP contribution in [0.3, 0.4) is 0 Å². The molecule has 1 aromatic carbocycles. The summed E-state index contributed by atoms with van der Waals surface area (Å²) < 4.78 is 31.5. The van der Waals surface area contributed by atoms with Crippen LogP contribution in [-0.4, -0.2) is 31.9 Å². The second-order valence-electron chi connectivity index (χ2n) is 5.24. The molecule has 2 amide bonds. The van der Waals surface area contributed by atoms with Crippen LogP contribution in [0.5, 0.6) is 0 Å². The molecule has 24 heavy (non-hydrogen) atoms. The summed E-state index contributed by atoms with van der Waals surface area (Å²) >= 11 is 0. The Morgan fingerprint density at radius 3 is 2.88 bits per heavy atom. The molecule has 1 aliphatic heterocycles. The van der Waals surface area contributed by atoms with Crippen LogP contribution in [0.15, 0.2) is 33.7 Å². The van der Waals surface area contributed by atoms with Gasteiger partial charge in [0, 0.05) is 11.8 Å². The zero-order chi connectivity index (χ0) is 17.3. The van der Waals surface area contributed by atoms with E-state index in [0.29, 0.717) is 17.0 Å². The Hall–Kier alpha value is -2.72. The van der Waals surface area contributed by atoms with Crippen molar-refractivity contribution in [1.29, 1.82) is 0 Å². The van der Waals surface area contributed by atoms with E-state index in [9.17, 15) is 18.0 Å². The first-order valence-electron chi connectivity index (χ1n) is 6.99. The Balaban J connectivity index is 1.65. The van der Waals surface area contributed by atoms with E-state index in [-0.39, 0.29) is 23.0 Å². The number of benzene rings is 1. The number of rotatable bonds is 5. The molecule has 0 fully saturated rings. The molecule has 0 atom stereocenters. The first-order valence-corrected chi connectivity index (χ1v) is 8.47. The molecule has 0 aliphatic carbocycles. The molecule has 10 heteroatoms. The van der Waals surface area contributed by atoms with Crippen molar-refractivity contribution in [2.24, 2.45) is 0 Å². The summed E-state index contributed by atoms with van der Waals surface area (Å²) in [7, 11) is -3.88. The molecule has 2 heterocycles. The van der Waals surface area contributed by atoms with E-state index >= 15 is 0 Å². The molecule has 1 aliphatic rings. The molecule has 3 N–H and O–H groups in total. The van der Waals surface area contributed by atoms with Crippen LogP contribution in [0.1, 0.15) is 11.3 Å². The van der Waals surface area contributed by atoms with Crippen LogP contribution in [0.2, 0.25) is 0 Å². The van der Waals surface area contributed by atoms with Crippen LogP contribution in [0.4, 0.5) is 11.5 Å². The molecule has 9 nitrogen and oxygen atoms in total. The topological polar surface area (TPSA) is 130 Å². The van der Waals surface area contributed by atoms with Crippen molar-refractivity contribution in [3.05, 3.63) is 35.6 Å². The SMILES string of the molecule is Cc1cc(NC(=O)CNS(=O)(=O)c2ccc3c(c2)CC(=O)N3)no1. The normalized spacial score (nSPS) is 13.5. The van der Waals surface area contributed by atoms with Crippen molar-refractivity contribution in [2.75, 3.05) is 17.2 Å². The van der Waals surface area contributed by atoms with Gasteiger partial charge < -0.3 is 15.2 Å². The van der Waals surface area contributed by atoms with Crippen LogP contribution in [-0.2, 0) is 26.0 Å². The third-order valence-electron chi connectivity index (χ3n) is 3.33. The second kappa shape index (κ2) is 6.06. The van der Waals surface area contributed by atoms with Crippen molar-refractivity contribution in [1.82, 2.24) is 9.88 Å². The number of fused-ring (bicyclic) bond motifs is 1. The van der Waals surface area contributed by atoms with Crippen molar-refractivity contribution in [3.63, 3.8) is 0 Å². The monoisotopic (exact) mass is 350 g/mol. The summed E-state index contributed by atoms with van der Waals surface area (Å²) in [5.41, 5.74) is 1.20. The Morgan fingerprint density at radius 1 is 1.38 bits per heavy atom. The maximum absolute atomic E-state index is 12.2. The van der Waals surface area contributed by atoms with Crippen molar-refractivity contribution in [3.8, 4) is 0 Å². The average Bonchev–Trinajstić information content (AvgIpc) is 3.09. The number of anilines is 2. The number of aryl methyl sites for hydroxylation is 1. The van der Waals surface area contributed by atoms with Gasteiger partial charge in [-0.1, -0.05) is 5.16 Å². The zero-order valence-electron chi connectivity index (χ0n) is 12.6. The van der Waals surface area contributed by atoms with Gasteiger partial charge in [0.1, 0.15) is 5.76 Å². The van der Waals surface area contributed by atoms with Crippen LogP contribution in [0.25, 0.3) is 0 Å². The number of amides is 2. The summed E-state index contributed by atoms with van der Waals surface area (Å²) in [6, 6.07) is 5.81. The minimum Gasteiger partial charge on any atom is -0.360 e. The number of hydrogen-bond acceptors (Lipinski definition) is 6. The Kier molecular flexibility index (Phi) is 4.08. The number of carbonyl (C=O) groups excluding carboxylic acids is 2.